The lowest BCUT2D eigenvalue weighted by Gasteiger charge is -2.11. The van der Waals surface area contributed by atoms with Crippen LogP contribution in [0.2, 0.25) is 0 Å². The van der Waals surface area contributed by atoms with E-state index < -0.39 is 0 Å². The van der Waals surface area contributed by atoms with Crippen molar-refractivity contribution in [3.8, 4) is 0 Å². The lowest BCUT2D eigenvalue weighted by molar-refractivity contribution is -0.105. The molecule has 0 bridgehead atoms. The molecule has 1 heterocycles. The summed E-state index contributed by atoms with van der Waals surface area (Å²) in [5.74, 6) is 0.352. The van der Waals surface area contributed by atoms with Crippen LogP contribution in [0.3, 0.4) is 0 Å². The third-order valence-electron chi connectivity index (χ3n) is 1.93. The summed E-state index contributed by atoms with van der Waals surface area (Å²) in [5.41, 5.74) is 0. The Bertz CT molecular complexity index is 262. The highest BCUT2D eigenvalue weighted by Gasteiger charge is 2.12. The molecule has 0 fully saturated rings. The van der Waals surface area contributed by atoms with Crippen molar-refractivity contribution < 1.29 is 18.7 Å². The molecule has 1 aromatic rings. The number of furan rings is 1. The van der Waals surface area contributed by atoms with Crippen molar-refractivity contribution in [3.05, 3.63) is 24.2 Å². The molecule has 78 valence electrons. The number of hydrogen-bond donors (Lipinski definition) is 0. The van der Waals surface area contributed by atoms with E-state index in [4.69, 9.17) is 13.9 Å². The van der Waals surface area contributed by atoms with Crippen molar-refractivity contribution in [2.45, 2.75) is 19.1 Å². The molecule has 1 aromatic heterocycles. The fourth-order valence-electron chi connectivity index (χ4n) is 1.14. The van der Waals surface area contributed by atoms with Gasteiger partial charge < -0.3 is 13.9 Å². The average molecular weight is 198 g/mol. The lowest BCUT2D eigenvalue weighted by Crippen LogP contribution is -2.14. The van der Waals surface area contributed by atoms with E-state index in [0.717, 1.165) is 0 Å². The summed E-state index contributed by atoms with van der Waals surface area (Å²) in [6.45, 7) is 0. The number of methoxy groups -OCH3 is 2. The van der Waals surface area contributed by atoms with Gasteiger partial charge in [-0.05, 0) is 12.1 Å². The maximum Gasteiger partial charge on any atom is 0.198 e. The van der Waals surface area contributed by atoms with Gasteiger partial charge in [0.1, 0.15) is 0 Å². The Morgan fingerprint density at radius 3 is 2.71 bits per heavy atom. The van der Waals surface area contributed by atoms with Gasteiger partial charge in [0.2, 0.25) is 0 Å². The van der Waals surface area contributed by atoms with Crippen LogP contribution in [0.4, 0.5) is 0 Å². The molecule has 0 unspecified atom stereocenters. The van der Waals surface area contributed by atoms with Gasteiger partial charge in [-0.2, -0.15) is 0 Å². The van der Waals surface area contributed by atoms with Crippen LogP contribution in [0.15, 0.2) is 22.8 Å². The van der Waals surface area contributed by atoms with Gasteiger partial charge in [-0.25, -0.2) is 0 Å². The molecule has 0 aromatic carbocycles. The minimum atomic E-state index is -0.325. The molecule has 0 spiro atoms. The van der Waals surface area contributed by atoms with Crippen molar-refractivity contribution in [3.63, 3.8) is 0 Å². The van der Waals surface area contributed by atoms with E-state index in [0.29, 0.717) is 18.6 Å². The summed E-state index contributed by atoms with van der Waals surface area (Å²) >= 11 is 0. The van der Waals surface area contributed by atoms with E-state index >= 15 is 0 Å². The van der Waals surface area contributed by atoms with Crippen molar-refractivity contribution >= 4 is 5.78 Å². The second-order valence-corrected chi connectivity index (χ2v) is 2.84. The van der Waals surface area contributed by atoms with Crippen LogP contribution in [-0.2, 0) is 9.47 Å². The van der Waals surface area contributed by atoms with Crippen LogP contribution in [0.5, 0.6) is 0 Å². The highest BCUT2D eigenvalue weighted by Crippen LogP contribution is 2.09. The van der Waals surface area contributed by atoms with Crippen molar-refractivity contribution in [2.75, 3.05) is 14.2 Å². The Labute approximate surface area is 82.8 Å². The monoisotopic (exact) mass is 198 g/mol. The molecule has 14 heavy (non-hydrogen) atoms. The minimum Gasteiger partial charge on any atom is -0.461 e. The second-order valence-electron chi connectivity index (χ2n) is 2.84. The number of carbonyl (C=O) groups is 1. The molecule has 0 amide bonds. The number of Topliss-reactive ketones (excluding diaryl/α,β-unsaturated/α-hetero) is 1. The third-order valence-corrected chi connectivity index (χ3v) is 1.93. The Balaban J connectivity index is 2.35. The number of rotatable bonds is 6. The molecule has 0 saturated heterocycles. The summed E-state index contributed by atoms with van der Waals surface area (Å²) in [4.78, 5) is 11.4. The van der Waals surface area contributed by atoms with Crippen molar-refractivity contribution in [1.82, 2.24) is 0 Å². The molecule has 0 aliphatic rings. The zero-order valence-electron chi connectivity index (χ0n) is 8.36. The molecule has 4 heteroatoms. The number of ketones is 1. The van der Waals surface area contributed by atoms with Crippen LogP contribution in [0.1, 0.15) is 23.4 Å². The van der Waals surface area contributed by atoms with Gasteiger partial charge in [0.05, 0.1) is 6.26 Å². The Kier molecular flexibility index (Phi) is 4.35. The zero-order valence-corrected chi connectivity index (χ0v) is 8.36. The summed E-state index contributed by atoms with van der Waals surface area (Å²) in [6.07, 6.45) is 2.05. The second kappa shape index (κ2) is 5.57. The molecule has 0 N–H and O–H groups in total. The smallest absolute Gasteiger partial charge is 0.198 e. The van der Waals surface area contributed by atoms with E-state index in [1.165, 1.54) is 6.26 Å². The number of carbonyl (C=O) groups excluding carboxylic acids is 1. The quantitative estimate of drug-likeness (QED) is 0.517. The minimum absolute atomic E-state index is 0.0332. The molecule has 0 aliphatic carbocycles. The first kappa shape index (κ1) is 10.9. The SMILES string of the molecule is COC(CCC(=O)c1ccco1)OC. The molecule has 0 aliphatic heterocycles. The highest BCUT2D eigenvalue weighted by atomic mass is 16.7. The largest absolute Gasteiger partial charge is 0.461 e. The fourth-order valence-corrected chi connectivity index (χ4v) is 1.14. The highest BCUT2D eigenvalue weighted by molar-refractivity contribution is 5.93. The van der Waals surface area contributed by atoms with Gasteiger partial charge in [-0.3, -0.25) is 4.79 Å². The Hall–Kier alpha value is -1.13. The lowest BCUT2D eigenvalue weighted by atomic mass is 10.2. The molecule has 4 nitrogen and oxygen atoms in total. The van der Waals surface area contributed by atoms with Gasteiger partial charge >= 0.3 is 0 Å². The number of hydrogen-bond acceptors (Lipinski definition) is 4. The van der Waals surface area contributed by atoms with Crippen LogP contribution >= 0.6 is 0 Å². The first-order chi connectivity index (χ1) is 6.77. The van der Waals surface area contributed by atoms with E-state index in [1.807, 2.05) is 0 Å². The Morgan fingerprint density at radius 1 is 1.50 bits per heavy atom. The van der Waals surface area contributed by atoms with Crippen LogP contribution < -0.4 is 0 Å². The van der Waals surface area contributed by atoms with E-state index in [9.17, 15) is 4.79 Å². The normalized spacial score (nSPS) is 10.8. The molecule has 0 radical (unpaired) electrons. The van der Waals surface area contributed by atoms with Crippen molar-refractivity contribution in [1.29, 1.82) is 0 Å². The first-order valence-electron chi connectivity index (χ1n) is 4.40. The summed E-state index contributed by atoms with van der Waals surface area (Å²) in [7, 11) is 3.09. The molecular weight excluding hydrogens is 184 g/mol. The zero-order chi connectivity index (χ0) is 10.4. The molecule has 0 saturated carbocycles. The van der Waals surface area contributed by atoms with Gasteiger partial charge in [0.25, 0.3) is 0 Å². The van der Waals surface area contributed by atoms with Gasteiger partial charge in [0.15, 0.2) is 17.8 Å². The topological polar surface area (TPSA) is 48.7 Å². The summed E-state index contributed by atoms with van der Waals surface area (Å²) in [5, 5.41) is 0. The maximum atomic E-state index is 11.4. The summed E-state index contributed by atoms with van der Waals surface area (Å²) in [6, 6.07) is 3.34. The molecular formula is C10H14O4. The number of ether oxygens (including phenoxy) is 2. The molecule has 0 atom stereocenters. The first-order valence-corrected chi connectivity index (χ1v) is 4.40. The van der Waals surface area contributed by atoms with E-state index in [2.05, 4.69) is 0 Å². The van der Waals surface area contributed by atoms with Crippen LogP contribution in [0, 0.1) is 0 Å². The predicted molar refractivity (Wildman–Crippen MR) is 50.1 cm³/mol. The predicted octanol–water partition coefficient (Wildman–Crippen LogP) is 1.86. The van der Waals surface area contributed by atoms with E-state index in [1.54, 1.807) is 26.4 Å². The Morgan fingerprint density at radius 2 is 2.21 bits per heavy atom. The maximum absolute atomic E-state index is 11.4. The van der Waals surface area contributed by atoms with E-state index in [-0.39, 0.29) is 12.1 Å². The van der Waals surface area contributed by atoms with Crippen LogP contribution in [0.25, 0.3) is 0 Å². The van der Waals surface area contributed by atoms with Crippen LogP contribution in [-0.4, -0.2) is 26.3 Å². The summed E-state index contributed by atoms with van der Waals surface area (Å²) < 4.78 is 14.9. The molecule has 1 rings (SSSR count). The third kappa shape index (κ3) is 2.97. The van der Waals surface area contributed by atoms with Gasteiger partial charge in [-0.1, -0.05) is 0 Å². The van der Waals surface area contributed by atoms with Crippen molar-refractivity contribution in [2.24, 2.45) is 0 Å². The standard InChI is InChI=1S/C10H14O4/c1-12-10(13-2)6-5-8(11)9-4-3-7-14-9/h3-4,7,10H,5-6H2,1-2H3. The average Bonchev–Trinajstić information content (AvgIpc) is 2.72. The fraction of sp³-hybridized carbons (Fsp3) is 0.500. The van der Waals surface area contributed by atoms with Gasteiger partial charge in [0, 0.05) is 27.1 Å². The van der Waals surface area contributed by atoms with Gasteiger partial charge in [-0.15, -0.1) is 0 Å².